The molecule has 0 unspecified atom stereocenters. The van der Waals surface area contributed by atoms with E-state index in [2.05, 4.69) is 10.6 Å². The van der Waals surface area contributed by atoms with E-state index in [-0.39, 0.29) is 16.6 Å². The van der Waals surface area contributed by atoms with Crippen LogP contribution >= 0.6 is 23.2 Å². The number of aryl methyl sites for hydroxylation is 1. The van der Waals surface area contributed by atoms with Gasteiger partial charge in [0.2, 0.25) is 0 Å². The molecule has 4 rings (SSSR count). The number of ether oxygens (including phenoxy) is 1. The van der Waals surface area contributed by atoms with Crippen molar-refractivity contribution in [3.63, 3.8) is 0 Å². The van der Waals surface area contributed by atoms with E-state index in [0.717, 1.165) is 10.5 Å². The minimum Gasteiger partial charge on any atom is -0.462 e. The normalized spacial score (nSPS) is 13.2. The van der Waals surface area contributed by atoms with Gasteiger partial charge in [-0.1, -0.05) is 43.1 Å². The first-order chi connectivity index (χ1) is 18.5. The smallest absolute Gasteiger partial charge is 0.338 e. The number of carbonyl (C=O) groups is 4. The van der Waals surface area contributed by atoms with E-state index in [9.17, 15) is 19.2 Å². The monoisotopic (exact) mass is 565 g/mol. The third-order valence-electron chi connectivity index (χ3n) is 5.80. The lowest BCUT2D eigenvalue weighted by molar-refractivity contribution is -0.120. The van der Waals surface area contributed by atoms with Gasteiger partial charge in [0.1, 0.15) is 10.7 Å². The number of imide groups is 1. The molecule has 0 radical (unpaired) electrons. The number of amides is 3. The van der Waals surface area contributed by atoms with Crippen molar-refractivity contribution in [2.75, 3.05) is 22.1 Å². The third-order valence-corrected chi connectivity index (χ3v) is 6.40. The number of nitrogens with one attached hydrogen (secondary N) is 2. The third kappa shape index (κ3) is 6.30. The van der Waals surface area contributed by atoms with E-state index in [1.54, 1.807) is 73.7 Å². The first-order valence-electron chi connectivity index (χ1n) is 12.1. The number of nitrogens with zero attached hydrogens (tertiary/aromatic N) is 1. The molecule has 3 aromatic carbocycles. The average Bonchev–Trinajstić information content (AvgIpc) is 3.12. The van der Waals surface area contributed by atoms with E-state index < -0.39 is 23.7 Å². The van der Waals surface area contributed by atoms with Crippen LogP contribution in [0.5, 0.6) is 0 Å². The quantitative estimate of drug-likeness (QED) is 0.251. The Morgan fingerprint density at radius 3 is 2.18 bits per heavy atom. The highest BCUT2D eigenvalue weighted by Crippen LogP contribution is 2.31. The predicted octanol–water partition coefficient (Wildman–Crippen LogP) is 6.15. The zero-order valence-corrected chi connectivity index (χ0v) is 22.9. The minimum absolute atomic E-state index is 0.0998. The van der Waals surface area contributed by atoms with Crippen LogP contribution in [0.4, 0.5) is 17.1 Å². The molecule has 3 aromatic rings. The maximum Gasteiger partial charge on any atom is 0.338 e. The van der Waals surface area contributed by atoms with Gasteiger partial charge in [0.25, 0.3) is 17.7 Å². The van der Waals surface area contributed by atoms with Crippen molar-refractivity contribution < 1.29 is 23.9 Å². The molecule has 0 saturated carbocycles. The lowest BCUT2D eigenvalue weighted by Crippen LogP contribution is -2.32. The Kier molecular flexibility index (Phi) is 8.38. The molecule has 1 aliphatic rings. The molecule has 0 atom stereocenters. The van der Waals surface area contributed by atoms with Crippen LogP contribution in [0.2, 0.25) is 5.02 Å². The highest BCUT2D eigenvalue weighted by Gasteiger charge is 2.39. The molecule has 0 saturated heterocycles. The zero-order valence-electron chi connectivity index (χ0n) is 21.4. The van der Waals surface area contributed by atoms with Gasteiger partial charge in [-0.15, -0.1) is 0 Å². The highest BCUT2D eigenvalue weighted by atomic mass is 35.5. The van der Waals surface area contributed by atoms with Crippen molar-refractivity contribution in [2.24, 2.45) is 5.92 Å². The highest BCUT2D eigenvalue weighted by molar-refractivity contribution is 6.53. The van der Waals surface area contributed by atoms with Crippen molar-refractivity contribution >= 4 is 64.0 Å². The van der Waals surface area contributed by atoms with Crippen LogP contribution in [0.3, 0.4) is 0 Å². The summed E-state index contributed by atoms with van der Waals surface area (Å²) >= 11 is 12.2. The summed E-state index contributed by atoms with van der Waals surface area (Å²) in [5.41, 5.74) is 2.54. The van der Waals surface area contributed by atoms with Crippen LogP contribution in [0.15, 0.2) is 77.5 Å². The second-order valence-corrected chi connectivity index (χ2v) is 10.1. The lowest BCUT2D eigenvalue weighted by atomic mass is 10.1. The molecule has 200 valence electrons. The molecule has 8 nitrogen and oxygen atoms in total. The molecule has 1 aliphatic heterocycles. The Bertz CT molecular complexity index is 1480. The molecular formula is C29H25Cl2N3O5. The van der Waals surface area contributed by atoms with Crippen molar-refractivity contribution in [3.8, 4) is 0 Å². The van der Waals surface area contributed by atoms with Crippen LogP contribution in [0.25, 0.3) is 0 Å². The van der Waals surface area contributed by atoms with E-state index >= 15 is 0 Å². The largest absolute Gasteiger partial charge is 0.462 e. The zero-order chi connectivity index (χ0) is 28.3. The molecule has 0 aliphatic carbocycles. The van der Waals surface area contributed by atoms with Crippen LogP contribution in [-0.2, 0) is 14.3 Å². The van der Waals surface area contributed by atoms with Crippen molar-refractivity contribution in [2.45, 2.75) is 20.8 Å². The maximum absolute atomic E-state index is 13.1. The standard InChI is InChI=1S/C29H25Cl2N3O5/c1-16(2)15-39-29(38)18-6-10-21(11-7-18)32-26(35)19-5-4-17(3)23(14-19)33-25-24(31)27(36)34(28(25)37)22-12-8-20(30)9-13-22/h4-14,16,33H,15H2,1-3H3,(H,32,35). The summed E-state index contributed by atoms with van der Waals surface area (Å²) in [5.74, 6) is -1.92. The molecular weight excluding hydrogens is 541 g/mol. The fraction of sp³-hybridized carbons (Fsp3) is 0.172. The molecule has 3 amide bonds. The lowest BCUT2D eigenvalue weighted by Gasteiger charge is -2.16. The first kappa shape index (κ1) is 27.9. The van der Waals surface area contributed by atoms with Crippen LogP contribution in [0, 0.1) is 12.8 Å². The van der Waals surface area contributed by atoms with E-state index in [1.165, 1.54) is 0 Å². The maximum atomic E-state index is 13.1. The number of benzene rings is 3. The number of anilines is 3. The van der Waals surface area contributed by atoms with Gasteiger partial charge in [0, 0.05) is 22.0 Å². The van der Waals surface area contributed by atoms with Crippen LogP contribution in [-0.4, -0.2) is 30.3 Å². The summed E-state index contributed by atoms with van der Waals surface area (Å²) in [6, 6.07) is 17.5. The van der Waals surface area contributed by atoms with Gasteiger partial charge >= 0.3 is 5.97 Å². The van der Waals surface area contributed by atoms with E-state index in [1.807, 2.05) is 13.8 Å². The van der Waals surface area contributed by atoms with Gasteiger partial charge in [-0.2, -0.15) is 0 Å². The summed E-state index contributed by atoms with van der Waals surface area (Å²) in [5, 5.41) is 5.89. The van der Waals surface area contributed by atoms with Gasteiger partial charge in [-0.25, -0.2) is 9.69 Å². The number of halogens is 2. The predicted molar refractivity (Wildman–Crippen MR) is 151 cm³/mol. The Morgan fingerprint density at radius 2 is 1.54 bits per heavy atom. The SMILES string of the molecule is Cc1ccc(C(=O)Nc2ccc(C(=O)OCC(C)C)cc2)cc1NC1=C(Cl)C(=O)N(c2ccc(Cl)cc2)C1=O. The first-order valence-corrected chi connectivity index (χ1v) is 12.8. The van der Waals surface area contributed by atoms with Crippen molar-refractivity contribution in [1.82, 2.24) is 0 Å². The van der Waals surface area contributed by atoms with Gasteiger partial charge < -0.3 is 15.4 Å². The summed E-state index contributed by atoms with van der Waals surface area (Å²) in [4.78, 5) is 51.9. The van der Waals surface area contributed by atoms with E-state index in [0.29, 0.717) is 39.8 Å². The van der Waals surface area contributed by atoms with Crippen molar-refractivity contribution in [3.05, 3.63) is 99.2 Å². The fourth-order valence-corrected chi connectivity index (χ4v) is 4.03. The molecule has 0 aromatic heterocycles. The molecule has 0 fully saturated rings. The Labute approximate surface area is 235 Å². The number of hydrogen-bond acceptors (Lipinski definition) is 6. The molecule has 0 spiro atoms. The Morgan fingerprint density at radius 1 is 0.897 bits per heavy atom. The van der Waals surface area contributed by atoms with Crippen LogP contribution in [0.1, 0.15) is 40.1 Å². The van der Waals surface area contributed by atoms with Crippen LogP contribution < -0.4 is 15.5 Å². The summed E-state index contributed by atoms with van der Waals surface area (Å²) in [7, 11) is 0. The molecule has 10 heteroatoms. The second kappa shape index (κ2) is 11.7. The number of rotatable bonds is 8. The number of esters is 1. The number of hydrogen-bond donors (Lipinski definition) is 2. The van der Waals surface area contributed by atoms with Gasteiger partial charge in [-0.3, -0.25) is 14.4 Å². The topological polar surface area (TPSA) is 105 Å². The molecule has 1 heterocycles. The van der Waals surface area contributed by atoms with E-state index in [4.69, 9.17) is 27.9 Å². The molecule has 39 heavy (non-hydrogen) atoms. The fourth-order valence-electron chi connectivity index (χ4n) is 3.69. The van der Waals surface area contributed by atoms with Gasteiger partial charge in [0.05, 0.1) is 17.9 Å². The molecule has 0 bridgehead atoms. The summed E-state index contributed by atoms with van der Waals surface area (Å²) < 4.78 is 5.22. The molecule has 2 N–H and O–H groups in total. The minimum atomic E-state index is -0.672. The second-order valence-electron chi connectivity index (χ2n) is 9.29. The average molecular weight is 566 g/mol. The van der Waals surface area contributed by atoms with Gasteiger partial charge in [-0.05, 0) is 79.1 Å². The number of carbonyl (C=O) groups excluding carboxylic acids is 4. The van der Waals surface area contributed by atoms with Gasteiger partial charge in [0.15, 0.2) is 0 Å². The summed E-state index contributed by atoms with van der Waals surface area (Å²) in [6.07, 6.45) is 0. The summed E-state index contributed by atoms with van der Waals surface area (Å²) in [6.45, 7) is 6.01. The van der Waals surface area contributed by atoms with Crippen molar-refractivity contribution in [1.29, 1.82) is 0 Å². The Balaban J connectivity index is 1.48. The Hall–Kier alpha value is -4.14.